The van der Waals surface area contributed by atoms with Crippen LogP contribution in [0, 0.1) is 5.82 Å². The quantitative estimate of drug-likeness (QED) is 0.334. The van der Waals surface area contributed by atoms with Gasteiger partial charge in [-0.2, -0.15) is 0 Å². The third-order valence-electron chi connectivity index (χ3n) is 5.33. The Morgan fingerprint density at radius 3 is 2.76 bits per heavy atom. The van der Waals surface area contributed by atoms with Crippen LogP contribution in [0.2, 0.25) is 0 Å². The number of ether oxygens (including phenoxy) is 1. The van der Waals surface area contributed by atoms with Gasteiger partial charge in [0.05, 0.1) is 23.6 Å². The number of carbonyl (C=O) groups excluding carboxylic acids is 1. The highest BCUT2D eigenvalue weighted by molar-refractivity contribution is 5.92. The highest BCUT2D eigenvalue weighted by Crippen LogP contribution is 2.30. The second-order valence-electron chi connectivity index (χ2n) is 7.53. The Bertz CT molecular complexity index is 1510. The van der Waals surface area contributed by atoms with E-state index in [1.165, 1.54) is 24.8 Å². The first-order valence-corrected chi connectivity index (χ1v) is 10.4. The Morgan fingerprint density at radius 2 is 1.97 bits per heavy atom. The van der Waals surface area contributed by atoms with Gasteiger partial charge in [-0.15, -0.1) is 0 Å². The molecule has 0 saturated heterocycles. The van der Waals surface area contributed by atoms with E-state index in [1.54, 1.807) is 37.4 Å². The normalized spacial score (nSPS) is 10.9. The number of carbonyl (C=O) groups is 1. The summed E-state index contributed by atoms with van der Waals surface area (Å²) in [6.07, 6.45) is 4.52. The highest BCUT2D eigenvalue weighted by Gasteiger charge is 2.13. The van der Waals surface area contributed by atoms with Crippen molar-refractivity contribution in [2.75, 3.05) is 12.4 Å². The number of imidazole rings is 1. The number of hydrogen-bond donors (Lipinski definition) is 2. The number of rotatable bonds is 6. The van der Waals surface area contributed by atoms with E-state index in [0.717, 1.165) is 5.52 Å². The number of nitrogens with zero attached hydrogens (tertiary/aromatic N) is 3. The van der Waals surface area contributed by atoms with Crippen molar-refractivity contribution in [1.82, 2.24) is 19.9 Å². The molecule has 3 heterocycles. The number of halogens is 1. The molecule has 34 heavy (non-hydrogen) atoms. The number of anilines is 2. The van der Waals surface area contributed by atoms with E-state index in [1.807, 2.05) is 29.8 Å². The first-order valence-electron chi connectivity index (χ1n) is 10.4. The number of benzene rings is 2. The van der Waals surface area contributed by atoms with Crippen molar-refractivity contribution in [3.8, 4) is 22.6 Å². The molecule has 5 aromatic rings. The van der Waals surface area contributed by atoms with Crippen molar-refractivity contribution in [1.29, 1.82) is 0 Å². The molecule has 0 unspecified atom stereocenters. The maximum absolute atomic E-state index is 14.3. The number of fused-ring (bicyclic) bond motifs is 1. The lowest BCUT2D eigenvalue weighted by atomic mass is 10.1. The summed E-state index contributed by atoms with van der Waals surface area (Å²) in [5.74, 6) is 1.01. The van der Waals surface area contributed by atoms with Crippen molar-refractivity contribution in [2.24, 2.45) is 7.05 Å². The molecule has 9 heteroatoms. The molecule has 0 saturated carbocycles. The second-order valence-corrected chi connectivity index (χ2v) is 7.53. The zero-order valence-corrected chi connectivity index (χ0v) is 18.4. The maximum Gasteiger partial charge on any atom is 0.269 e. The smallest absolute Gasteiger partial charge is 0.269 e. The van der Waals surface area contributed by atoms with Crippen LogP contribution in [-0.4, -0.2) is 27.5 Å². The summed E-state index contributed by atoms with van der Waals surface area (Å²) >= 11 is 0. The number of pyridine rings is 1. The standard InChI is InChI=1S/C25H20FN5O3.2H2/c1-27-24(32)22-13-18(7-9-28-22)34-17-4-6-23-21(12-17)30-25(31(23)2)29-16-3-5-20(26)19(11-16)15-8-10-33-14-15;;/h3-14H,1-2H3,(H,27,32)(H,29,30);2*1H. The van der Waals surface area contributed by atoms with Crippen LogP contribution in [0.4, 0.5) is 16.0 Å². The summed E-state index contributed by atoms with van der Waals surface area (Å²) in [7, 11) is 3.43. The average Bonchev–Trinajstić information content (AvgIpc) is 3.48. The molecule has 1 amide bonds. The minimum atomic E-state index is -0.338. The van der Waals surface area contributed by atoms with Gasteiger partial charge in [0.25, 0.3) is 5.91 Å². The van der Waals surface area contributed by atoms with Gasteiger partial charge >= 0.3 is 0 Å². The molecule has 5 rings (SSSR count). The van der Waals surface area contributed by atoms with Crippen LogP contribution in [-0.2, 0) is 7.05 Å². The van der Waals surface area contributed by atoms with Crippen LogP contribution in [0.3, 0.4) is 0 Å². The van der Waals surface area contributed by atoms with Gasteiger partial charge in [0, 0.05) is 52.1 Å². The monoisotopic (exact) mass is 461 g/mol. The van der Waals surface area contributed by atoms with Crippen LogP contribution >= 0.6 is 0 Å². The van der Waals surface area contributed by atoms with Gasteiger partial charge in [-0.05, 0) is 42.5 Å². The summed E-state index contributed by atoms with van der Waals surface area (Å²) in [6.45, 7) is 0. The molecule has 0 aliphatic carbocycles. The lowest BCUT2D eigenvalue weighted by molar-refractivity contribution is 0.0958. The summed E-state index contributed by atoms with van der Waals surface area (Å²) in [4.78, 5) is 20.5. The van der Waals surface area contributed by atoms with Gasteiger partial charge in [0.15, 0.2) is 0 Å². The van der Waals surface area contributed by atoms with Gasteiger partial charge in [-0.3, -0.25) is 9.78 Å². The number of aromatic nitrogens is 3. The van der Waals surface area contributed by atoms with Gasteiger partial charge < -0.3 is 24.4 Å². The molecule has 0 spiro atoms. The molecule has 8 nitrogen and oxygen atoms in total. The lowest BCUT2D eigenvalue weighted by Gasteiger charge is -2.09. The topological polar surface area (TPSA) is 94.2 Å². The third kappa shape index (κ3) is 4.06. The van der Waals surface area contributed by atoms with E-state index >= 15 is 0 Å². The SMILES string of the molecule is CNC(=O)c1cc(Oc2ccc3c(c2)nc(Nc2ccc(F)c(-c4ccoc4)c2)n3C)ccn1.[HH].[HH]. The number of nitrogens with one attached hydrogen (secondary N) is 2. The Morgan fingerprint density at radius 1 is 1.12 bits per heavy atom. The zero-order chi connectivity index (χ0) is 23.7. The first kappa shape index (κ1) is 21.2. The van der Waals surface area contributed by atoms with Gasteiger partial charge in [-0.1, -0.05) is 0 Å². The number of hydrogen-bond acceptors (Lipinski definition) is 6. The van der Waals surface area contributed by atoms with Crippen molar-refractivity contribution in [3.05, 3.63) is 84.8 Å². The Kier molecular flexibility index (Phi) is 5.43. The molecule has 0 aliphatic heterocycles. The second kappa shape index (κ2) is 8.70. The van der Waals surface area contributed by atoms with Gasteiger partial charge in [-0.25, -0.2) is 9.37 Å². The summed E-state index contributed by atoms with van der Waals surface area (Å²) in [5.41, 5.74) is 3.63. The van der Waals surface area contributed by atoms with E-state index in [0.29, 0.717) is 39.8 Å². The van der Waals surface area contributed by atoms with Crippen LogP contribution in [0.25, 0.3) is 22.2 Å². The Balaban J connectivity index is 0.00000180. The minimum Gasteiger partial charge on any atom is -0.472 e. The van der Waals surface area contributed by atoms with Crippen LogP contribution in [0.1, 0.15) is 13.3 Å². The molecule has 3 aromatic heterocycles. The van der Waals surface area contributed by atoms with Crippen LogP contribution in [0.5, 0.6) is 11.5 Å². The molecular weight excluding hydrogens is 437 g/mol. The van der Waals surface area contributed by atoms with Gasteiger partial charge in [0.2, 0.25) is 5.95 Å². The van der Waals surface area contributed by atoms with Crippen molar-refractivity contribution in [2.45, 2.75) is 0 Å². The Hall–Kier alpha value is -4.66. The molecular formula is C25H24FN5O3. The predicted octanol–water partition coefficient (Wildman–Crippen LogP) is 5.75. The molecule has 2 N–H and O–H groups in total. The first-order chi connectivity index (χ1) is 16.5. The maximum atomic E-state index is 14.3. The van der Waals surface area contributed by atoms with E-state index in [-0.39, 0.29) is 20.3 Å². The largest absolute Gasteiger partial charge is 0.472 e. The number of furan rings is 1. The van der Waals surface area contributed by atoms with E-state index in [2.05, 4.69) is 20.6 Å². The fraction of sp³-hybridized carbons (Fsp3) is 0.0800. The zero-order valence-electron chi connectivity index (χ0n) is 18.4. The predicted molar refractivity (Wildman–Crippen MR) is 130 cm³/mol. The Labute approximate surface area is 197 Å². The minimum absolute atomic E-state index is 0. The molecule has 0 bridgehead atoms. The van der Waals surface area contributed by atoms with Crippen LogP contribution < -0.4 is 15.4 Å². The molecule has 0 radical (unpaired) electrons. The molecule has 0 atom stereocenters. The van der Waals surface area contributed by atoms with Gasteiger partial charge in [0.1, 0.15) is 23.0 Å². The van der Waals surface area contributed by atoms with Crippen molar-refractivity contribution in [3.63, 3.8) is 0 Å². The average molecular weight is 461 g/mol. The molecule has 174 valence electrons. The summed E-state index contributed by atoms with van der Waals surface area (Å²) in [5, 5.41) is 5.79. The fourth-order valence-corrected chi connectivity index (χ4v) is 3.59. The molecule has 2 aromatic carbocycles. The summed E-state index contributed by atoms with van der Waals surface area (Å²) in [6, 6.07) is 15.2. The summed E-state index contributed by atoms with van der Waals surface area (Å²) < 4.78 is 27.2. The molecule has 0 aliphatic rings. The molecule has 0 fully saturated rings. The third-order valence-corrected chi connectivity index (χ3v) is 5.33. The number of amides is 1. The van der Waals surface area contributed by atoms with E-state index in [9.17, 15) is 9.18 Å². The number of aryl methyl sites for hydroxylation is 1. The van der Waals surface area contributed by atoms with E-state index in [4.69, 9.17) is 9.15 Å². The fourth-order valence-electron chi connectivity index (χ4n) is 3.59. The van der Waals surface area contributed by atoms with Crippen molar-refractivity contribution >= 4 is 28.6 Å². The highest BCUT2D eigenvalue weighted by atomic mass is 19.1. The van der Waals surface area contributed by atoms with Crippen molar-refractivity contribution < 1.29 is 21.2 Å². The lowest BCUT2D eigenvalue weighted by Crippen LogP contribution is -2.18. The van der Waals surface area contributed by atoms with E-state index < -0.39 is 0 Å². The van der Waals surface area contributed by atoms with Crippen LogP contribution in [0.15, 0.2) is 77.7 Å².